The molecule has 20 heavy (non-hydrogen) atoms. The zero-order valence-corrected chi connectivity index (χ0v) is 12.4. The monoisotopic (exact) mass is 308 g/mol. The largest absolute Gasteiger partial charge is 0.519 e. The average Bonchev–Trinajstić information content (AvgIpc) is 2.61. The average molecular weight is 308 g/mol. The predicted molar refractivity (Wildman–Crippen MR) is 66.4 cm³/mol. The van der Waals surface area contributed by atoms with E-state index in [0.717, 1.165) is 6.26 Å². The van der Waals surface area contributed by atoms with Crippen molar-refractivity contribution < 1.29 is 31.0 Å². The first kappa shape index (κ1) is 16.4. The molecule has 0 unspecified atom stereocenters. The van der Waals surface area contributed by atoms with Crippen LogP contribution in [0.3, 0.4) is 0 Å². The highest BCUT2D eigenvalue weighted by molar-refractivity contribution is 7.85. The first-order chi connectivity index (χ1) is 9.01. The van der Waals surface area contributed by atoms with Crippen LogP contribution in [-0.4, -0.2) is 27.2 Å². The topological polar surface area (TPSA) is 113 Å². The van der Waals surface area contributed by atoms with Crippen molar-refractivity contribution in [1.82, 2.24) is 0 Å². The fraction of sp³-hybridized carbons (Fsp3) is 0.636. The minimum Gasteiger partial charge on any atom is -0.457 e. The van der Waals surface area contributed by atoms with Gasteiger partial charge in [-0.2, -0.15) is 8.42 Å². The Kier molecular flexibility index (Phi) is 4.77. The lowest BCUT2D eigenvalue weighted by Gasteiger charge is -2.21. The van der Waals surface area contributed by atoms with E-state index >= 15 is 0 Å². The fourth-order valence-corrected chi connectivity index (χ4v) is 1.65. The molecule has 0 bridgehead atoms. The Morgan fingerprint density at radius 3 is 2.35 bits per heavy atom. The van der Waals surface area contributed by atoms with Crippen LogP contribution >= 0.6 is 0 Å². The molecule has 8 nitrogen and oxygen atoms in total. The van der Waals surface area contributed by atoms with Gasteiger partial charge in [0.25, 0.3) is 10.1 Å². The van der Waals surface area contributed by atoms with Gasteiger partial charge in [0, 0.05) is 0 Å². The molecule has 1 rings (SSSR count). The van der Waals surface area contributed by atoms with Crippen LogP contribution in [0.4, 0.5) is 0 Å². The first-order valence-corrected chi connectivity index (χ1v) is 7.44. The lowest BCUT2D eigenvalue weighted by Crippen LogP contribution is -2.32. The van der Waals surface area contributed by atoms with E-state index in [-0.39, 0.29) is 24.7 Å². The molecule has 1 heterocycles. The maximum absolute atomic E-state index is 11.8. The SMILES string of the molecule is Cc1oc(=O)oc1COC(=O)C(C)(C)COS(C)(=O)=O. The van der Waals surface area contributed by atoms with E-state index in [2.05, 4.69) is 13.0 Å². The van der Waals surface area contributed by atoms with Crippen LogP contribution in [0.15, 0.2) is 13.6 Å². The van der Waals surface area contributed by atoms with Crippen molar-refractivity contribution in [1.29, 1.82) is 0 Å². The van der Waals surface area contributed by atoms with Gasteiger partial charge in [0.15, 0.2) is 18.1 Å². The van der Waals surface area contributed by atoms with Crippen LogP contribution in [0.2, 0.25) is 0 Å². The number of hydrogen-bond acceptors (Lipinski definition) is 8. The molecule has 0 saturated carbocycles. The second kappa shape index (κ2) is 5.80. The van der Waals surface area contributed by atoms with Crippen molar-refractivity contribution in [2.24, 2.45) is 5.41 Å². The summed E-state index contributed by atoms with van der Waals surface area (Å²) in [5.41, 5.74) is -1.17. The van der Waals surface area contributed by atoms with Crippen molar-refractivity contribution in [2.45, 2.75) is 27.4 Å². The molecule has 0 radical (unpaired) electrons. The van der Waals surface area contributed by atoms with Gasteiger partial charge in [-0.15, -0.1) is 0 Å². The summed E-state index contributed by atoms with van der Waals surface area (Å²) in [5.74, 6) is -1.26. The third-order valence-corrected chi connectivity index (χ3v) is 2.90. The normalized spacial score (nSPS) is 12.4. The van der Waals surface area contributed by atoms with E-state index < -0.39 is 27.3 Å². The molecule has 1 aromatic rings. The summed E-state index contributed by atoms with van der Waals surface area (Å²) in [6, 6.07) is 0. The van der Waals surface area contributed by atoms with E-state index in [4.69, 9.17) is 4.74 Å². The van der Waals surface area contributed by atoms with Gasteiger partial charge in [-0.05, 0) is 20.8 Å². The Hall–Kier alpha value is -1.61. The summed E-state index contributed by atoms with van der Waals surface area (Å²) in [5, 5.41) is 0. The zero-order chi connectivity index (χ0) is 15.6. The van der Waals surface area contributed by atoms with Crippen LogP contribution < -0.4 is 5.82 Å². The Morgan fingerprint density at radius 1 is 1.30 bits per heavy atom. The van der Waals surface area contributed by atoms with Crippen LogP contribution in [-0.2, 0) is 30.4 Å². The summed E-state index contributed by atoms with van der Waals surface area (Å²) in [7, 11) is -3.64. The number of ether oxygens (including phenoxy) is 1. The molecule has 0 N–H and O–H groups in total. The second-order valence-corrected chi connectivity index (χ2v) is 6.50. The Bertz CT molecular complexity index is 634. The predicted octanol–water partition coefficient (Wildman–Crippen LogP) is 0.587. The number of aryl methyl sites for hydroxylation is 1. The maximum Gasteiger partial charge on any atom is 0.519 e. The van der Waals surface area contributed by atoms with Gasteiger partial charge >= 0.3 is 11.8 Å². The number of esters is 1. The van der Waals surface area contributed by atoms with Gasteiger partial charge in [0.1, 0.15) is 0 Å². The maximum atomic E-state index is 11.8. The van der Waals surface area contributed by atoms with Gasteiger partial charge in [-0.25, -0.2) is 4.79 Å². The molecule has 0 spiro atoms. The van der Waals surface area contributed by atoms with E-state index in [1.54, 1.807) is 0 Å². The summed E-state index contributed by atoms with van der Waals surface area (Å²) >= 11 is 0. The molecule has 0 atom stereocenters. The van der Waals surface area contributed by atoms with E-state index in [1.807, 2.05) is 0 Å². The molecule has 0 aromatic carbocycles. The van der Waals surface area contributed by atoms with Crippen molar-refractivity contribution in [3.63, 3.8) is 0 Å². The van der Waals surface area contributed by atoms with Crippen LogP contribution in [0.5, 0.6) is 0 Å². The first-order valence-electron chi connectivity index (χ1n) is 5.62. The molecule has 0 aliphatic carbocycles. The second-order valence-electron chi connectivity index (χ2n) is 4.86. The zero-order valence-electron chi connectivity index (χ0n) is 11.6. The summed E-state index contributed by atoms with van der Waals surface area (Å²) < 4.78 is 40.6. The van der Waals surface area contributed by atoms with Gasteiger partial charge in [0.2, 0.25) is 0 Å². The fourth-order valence-electron chi connectivity index (χ4n) is 1.15. The Balaban J connectivity index is 2.61. The van der Waals surface area contributed by atoms with Crippen molar-refractivity contribution in [2.75, 3.05) is 12.9 Å². The third kappa shape index (κ3) is 4.82. The summed E-state index contributed by atoms with van der Waals surface area (Å²) in [6.07, 6.45) is 0.887. The smallest absolute Gasteiger partial charge is 0.457 e. The molecule has 0 amide bonds. The highest BCUT2D eigenvalue weighted by atomic mass is 32.2. The standard InChI is InChI=1S/C11H16O8S/c1-7-8(19-10(13)18-7)5-16-9(12)11(2,3)6-17-20(4,14)15/h5-6H2,1-4H3. The van der Waals surface area contributed by atoms with Crippen LogP contribution in [0, 0.1) is 12.3 Å². The highest BCUT2D eigenvalue weighted by Gasteiger charge is 2.32. The quantitative estimate of drug-likeness (QED) is 0.554. The molecule has 0 aliphatic heterocycles. The Morgan fingerprint density at radius 2 is 1.90 bits per heavy atom. The van der Waals surface area contributed by atoms with E-state index in [1.165, 1.54) is 20.8 Å². The van der Waals surface area contributed by atoms with Crippen molar-refractivity contribution >= 4 is 16.1 Å². The molecular formula is C11H16O8S. The van der Waals surface area contributed by atoms with Crippen LogP contribution in [0.1, 0.15) is 25.4 Å². The molecule has 114 valence electrons. The van der Waals surface area contributed by atoms with Crippen molar-refractivity contribution in [3.05, 3.63) is 22.1 Å². The minimum absolute atomic E-state index is 0.100. The molecule has 9 heteroatoms. The molecule has 1 aromatic heterocycles. The Labute approximate surface area is 115 Å². The minimum atomic E-state index is -3.64. The third-order valence-electron chi connectivity index (χ3n) is 2.36. The highest BCUT2D eigenvalue weighted by Crippen LogP contribution is 2.20. The molecule has 0 saturated heterocycles. The molecule has 0 aliphatic rings. The summed E-state index contributed by atoms with van der Waals surface area (Å²) in [6.45, 7) is 3.81. The lowest BCUT2D eigenvalue weighted by atomic mass is 9.95. The van der Waals surface area contributed by atoms with Gasteiger partial charge in [-0.3, -0.25) is 8.98 Å². The van der Waals surface area contributed by atoms with E-state index in [0.29, 0.717) is 0 Å². The number of hydrogen-bond donors (Lipinski definition) is 0. The summed E-state index contributed by atoms with van der Waals surface area (Å²) in [4.78, 5) is 22.6. The van der Waals surface area contributed by atoms with Gasteiger partial charge in [0.05, 0.1) is 18.3 Å². The number of carbonyl (C=O) groups excluding carboxylic acids is 1. The van der Waals surface area contributed by atoms with Crippen molar-refractivity contribution in [3.8, 4) is 0 Å². The lowest BCUT2D eigenvalue weighted by molar-refractivity contribution is -0.157. The van der Waals surface area contributed by atoms with Crippen LogP contribution in [0.25, 0.3) is 0 Å². The van der Waals surface area contributed by atoms with Gasteiger partial charge in [-0.1, -0.05) is 0 Å². The van der Waals surface area contributed by atoms with Gasteiger partial charge < -0.3 is 13.6 Å². The van der Waals surface area contributed by atoms with E-state index in [9.17, 15) is 18.0 Å². The molecule has 0 fully saturated rings. The molecular weight excluding hydrogens is 292 g/mol. The number of rotatable bonds is 6. The number of carbonyl (C=O) groups is 1.